The maximum Gasteiger partial charge on any atom is 0.241 e. The van der Waals surface area contributed by atoms with Crippen LogP contribution in [0.2, 0.25) is 0 Å². The van der Waals surface area contributed by atoms with Gasteiger partial charge in [-0.3, -0.25) is 4.79 Å². The highest BCUT2D eigenvalue weighted by molar-refractivity contribution is 6.10. The Hall–Kier alpha value is -3.56. The van der Waals surface area contributed by atoms with E-state index in [-0.39, 0.29) is 28.5 Å². The molecule has 3 aliphatic rings. The number of rotatable bonds is 0. The van der Waals surface area contributed by atoms with E-state index in [2.05, 4.69) is 39.0 Å². The van der Waals surface area contributed by atoms with E-state index in [0.29, 0.717) is 23.2 Å². The van der Waals surface area contributed by atoms with Crippen LogP contribution in [0.25, 0.3) is 0 Å². The first-order valence-corrected chi connectivity index (χ1v) is 10.4. The lowest BCUT2D eigenvalue weighted by molar-refractivity contribution is -0.127. The van der Waals surface area contributed by atoms with Crippen LogP contribution >= 0.6 is 0 Å². The van der Waals surface area contributed by atoms with Gasteiger partial charge in [0.05, 0.1) is 23.4 Å². The largest absolute Gasteiger partial charge is 0.399 e. The van der Waals surface area contributed by atoms with Crippen molar-refractivity contribution in [1.29, 1.82) is 15.8 Å². The van der Waals surface area contributed by atoms with E-state index < -0.39 is 16.7 Å². The molecule has 1 amide bonds. The molecule has 1 heterocycles. The number of nitriles is 3. The van der Waals surface area contributed by atoms with Gasteiger partial charge < -0.3 is 10.6 Å². The molecule has 0 unspecified atom stereocenters. The number of hydrogen-bond donors (Lipinski definition) is 1. The number of anilines is 1. The molecule has 1 aromatic rings. The number of carbonyl (C=O) groups excluding carboxylic acids is 1. The topological polar surface area (TPSA) is 118 Å². The molecule has 0 aromatic heterocycles. The second-order valence-electron chi connectivity index (χ2n) is 9.81. The zero-order chi connectivity index (χ0) is 22.8. The van der Waals surface area contributed by atoms with Crippen LogP contribution in [0.4, 0.5) is 5.69 Å². The first-order valence-electron chi connectivity index (χ1n) is 10.4. The quantitative estimate of drug-likeness (QED) is 0.698. The zero-order valence-electron chi connectivity index (χ0n) is 18.2. The van der Waals surface area contributed by atoms with Crippen molar-refractivity contribution in [2.45, 2.75) is 39.0 Å². The smallest absolute Gasteiger partial charge is 0.241 e. The molecule has 31 heavy (non-hydrogen) atoms. The van der Waals surface area contributed by atoms with Crippen molar-refractivity contribution in [3.05, 3.63) is 52.7 Å². The van der Waals surface area contributed by atoms with Gasteiger partial charge >= 0.3 is 0 Å². The monoisotopic (exact) mass is 411 g/mol. The standard InChI is InChI=1S/C25H25N5O/c1-23(2,3)15-9-10-16-17(12-26)21(29)24(13-27,14-28)25(19(16)11-15)18-7-5-6-8-20(18)30(4)22(25)31/h5-8,10,15,19H,9,11,29H2,1-4H3/t15-,19-,25+/m1/s1. The van der Waals surface area contributed by atoms with Crippen molar-refractivity contribution < 1.29 is 4.79 Å². The summed E-state index contributed by atoms with van der Waals surface area (Å²) < 4.78 is 0. The van der Waals surface area contributed by atoms with Crippen LogP contribution in [0.3, 0.4) is 0 Å². The third-order valence-electron chi connectivity index (χ3n) is 7.60. The highest BCUT2D eigenvalue weighted by Gasteiger charge is 2.72. The van der Waals surface area contributed by atoms with E-state index in [1.165, 1.54) is 4.90 Å². The van der Waals surface area contributed by atoms with Gasteiger partial charge in [-0.05, 0) is 41.4 Å². The Morgan fingerprint density at radius 3 is 2.39 bits per heavy atom. The first kappa shape index (κ1) is 20.7. The Morgan fingerprint density at radius 2 is 1.81 bits per heavy atom. The molecule has 0 fully saturated rings. The summed E-state index contributed by atoms with van der Waals surface area (Å²) in [6.07, 6.45) is 3.35. The average molecular weight is 412 g/mol. The molecule has 0 saturated heterocycles. The SMILES string of the molecule is CN1C(=O)[C@]2(c3ccccc31)[C@@H]1C[C@H](C(C)(C)C)CC=C1C(C#N)=C(N)C2(C#N)C#N. The number of nitrogens with two attached hydrogens (primary N) is 1. The van der Waals surface area contributed by atoms with Crippen molar-refractivity contribution >= 4 is 11.6 Å². The van der Waals surface area contributed by atoms with Crippen molar-refractivity contribution in [2.24, 2.45) is 28.4 Å². The van der Waals surface area contributed by atoms with Gasteiger partial charge in [-0.15, -0.1) is 0 Å². The summed E-state index contributed by atoms with van der Waals surface area (Å²) in [5.41, 5.74) is 4.98. The lowest BCUT2D eigenvalue weighted by Crippen LogP contribution is -2.61. The fourth-order valence-corrected chi connectivity index (χ4v) is 5.86. The van der Waals surface area contributed by atoms with Gasteiger partial charge in [0.15, 0.2) is 0 Å². The van der Waals surface area contributed by atoms with Gasteiger partial charge in [-0.25, -0.2) is 0 Å². The maximum absolute atomic E-state index is 14.1. The van der Waals surface area contributed by atoms with E-state index in [0.717, 1.165) is 6.42 Å². The lowest BCUT2D eigenvalue weighted by Gasteiger charge is -2.52. The van der Waals surface area contributed by atoms with Gasteiger partial charge in [0.25, 0.3) is 0 Å². The minimum absolute atomic E-state index is 0.0439. The van der Waals surface area contributed by atoms with Gasteiger partial charge in [0.2, 0.25) is 11.3 Å². The Balaban J connectivity index is 2.17. The van der Waals surface area contributed by atoms with Gasteiger partial charge in [-0.1, -0.05) is 45.0 Å². The molecular formula is C25H25N5O. The highest BCUT2D eigenvalue weighted by Crippen LogP contribution is 2.65. The lowest BCUT2D eigenvalue weighted by atomic mass is 9.46. The molecule has 0 radical (unpaired) electrons. The summed E-state index contributed by atoms with van der Waals surface area (Å²) in [5.74, 6) is -0.592. The van der Waals surface area contributed by atoms with Gasteiger partial charge in [0.1, 0.15) is 11.5 Å². The molecule has 2 N–H and O–H groups in total. The van der Waals surface area contributed by atoms with Crippen molar-refractivity contribution in [3.63, 3.8) is 0 Å². The van der Waals surface area contributed by atoms with Crippen molar-refractivity contribution in [3.8, 4) is 18.2 Å². The molecule has 1 aliphatic heterocycles. The second kappa shape index (κ2) is 6.47. The Labute approximate surface area is 182 Å². The van der Waals surface area contributed by atoms with E-state index in [1.54, 1.807) is 7.05 Å². The number of likely N-dealkylation sites (N-methyl/N-ethyl adjacent to an activating group) is 1. The summed E-state index contributed by atoms with van der Waals surface area (Å²) in [4.78, 5) is 15.6. The number of amides is 1. The summed E-state index contributed by atoms with van der Waals surface area (Å²) in [6, 6.07) is 13.7. The predicted octanol–water partition coefficient (Wildman–Crippen LogP) is 3.68. The number of nitrogens with zero attached hydrogens (tertiary/aromatic N) is 4. The Kier molecular flexibility index (Phi) is 4.32. The molecule has 1 spiro atoms. The minimum atomic E-state index is -1.97. The fourth-order valence-electron chi connectivity index (χ4n) is 5.86. The van der Waals surface area contributed by atoms with Crippen LogP contribution in [0.1, 0.15) is 39.2 Å². The molecular weight excluding hydrogens is 386 g/mol. The second-order valence-corrected chi connectivity index (χ2v) is 9.81. The average Bonchev–Trinajstić information content (AvgIpc) is 2.98. The third-order valence-corrected chi connectivity index (χ3v) is 7.60. The van der Waals surface area contributed by atoms with Crippen LogP contribution < -0.4 is 10.6 Å². The molecule has 1 aromatic carbocycles. The summed E-state index contributed by atoms with van der Waals surface area (Å²) in [6.45, 7) is 6.46. The number of benzene rings is 1. The Bertz CT molecular complexity index is 1170. The predicted molar refractivity (Wildman–Crippen MR) is 116 cm³/mol. The first-order chi connectivity index (χ1) is 14.6. The molecule has 4 rings (SSSR count). The molecule has 6 heteroatoms. The highest BCUT2D eigenvalue weighted by atomic mass is 16.2. The van der Waals surface area contributed by atoms with E-state index in [9.17, 15) is 20.6 Å². The fraction of sp³-hybridized carbons (Fsp3) is 0.440. The van der Waals surface area contributed by atoms with E-state index in [1.807, 2.05) is 30.3 Å². The van der Waals surface area contributed by atoms with E-state index in [4.69, 9.17) is 5.73 Å². The molecule has 2 aliphatic carbocycles. The number of fused-ring (bicyclic) bond motifs is 4. The zero-order valence-corrected chi connectivity index (χ0v) is 18.2. The van der Waals surface area contributed by atoms with Gasteiger partial charge in [0, 0.05) is 18.7 Å². The van der Waals surface area contributed by atoms with Crippen molar-refractivity contribution in [2.75, 3.05) is 11.9 Å². The van der Waals surface area contributed by atoms with Crippen molar-refractivity contribution in [1.82, 2.24) is 0 Å². The Morgan fingerprint density at radius 1 is 1.16 bits per heavy atom. The number of hydrogen-bond acceptors (Lipinski definition) is 5. The van der Waals surface area contributed by atoms with Crippen LogP contribution in [0.5, 0.6) is 0 Å². The normalized spacial score (nSPS) is 28.9. The molecule has 0 bridgehead atoms. The summed E-state index contributed by atoms with van der Waals surface area (Å²) in [7, 11) is 1.67. The molecule has 6 nitrogen and oxygen atoms in total. The minimum Gasteiger partial charge on any atom is -0.399 e. The van der Waals surface area contributed by atoms with Gasteiger partial charge in [-0.2, -0.15) is 15.8 Å². The summed E-state index contributed by atoms with van der Waals surface area (Å²) >= 11 is 0. The van der Waals surface area contributed by atoms with Crippen LogP contribution in [0.15, 0.2) is 47.2 Å². The maximum atomic E-state index is 14.1. The van der Waals surface area contributed by atoms with Crippen LogP contribution in [-0.2, 0) is 10.2 Å². The van der Waals surface area contributed by atoms with E-state index >= 15 is 0 Å². The molecule has 156 valence electrons. The number of para-hydroxylation sites is 1. The number of allylic oxidation sites excluding steroid dienone is 4. The van der Waals surface area contributed by atoms with Crippen LogP contribution in [0, 0.1) is 56.7 Å². The van der Waals surface area contributed by atoms with Crippen LogP contribution in [-0.4, -0.2) is 13.0 Å². The summed E-state index contributed by atoms with van der Waals surface area (Å²) in [5, 5.41) is 30.8. The molecule has 3 atom stereocenters. The molecule has 0 saturated carbocycles. The number of carbonyl (C=O) groups is 1. The third kappa shape index (κ3) is 2.27.